The van der Waals surface area contributed by atoms with E-state index in [-0.39, 0.29) is 11.8 Å². The normalized spacial score (nSPS) is 39.1. The molecular weight excluding hydrogens is 192 g/mol. The van der Waals surface area contributed by atoms with Crippen LogP contribution >= 0.6 is 0 Å². The number of nitrogens with one attached hydrogen (secondary N) is 1. The molecule has 3 atom stereocenters. The third kappa shape index (κ3) is 2.32. The van der Waals surface area contributed by atoms with Crippen LogP contribution in [0.4, 0.5) is 0 Å². The van der Waals surface area contributed by atoms with E-state index in [9.17, 15) is 9.90 Å². The van der Waals surface area contributed by atoms with Crippen molar-refractivity contribution in [1.82, 2.24) is 10.2 Å². The van der Waals surface area contributed by atoms with Crippen LogP contribution in [0.5, 0.6) is 0 Å². The first-order valence-corrected chi connectivity index (χ1v) is 5.70. The number of rotatable bonds is 3. The van der Waals surface area contributed by atoms with Crippen LogP contribution < -0.4 is 5.32 Å². The number of hydrogen-bond acceptors (Lipinski definition) is 3. The van der Waals surface area contributed by atoms with Gasteiger partial charge in [0.15, 0.2) is 0 Å². The van der Waals surface area contributed by atoms with Gasteiger partial charge < -0.3 is 15.3 Å². The summed E-state index contributed by atoms with van der Waals surface area (Å²) in [5.41, 5.74) is -0.706. The molecule has 1 aliphatic heterocycles. The minimum absolute atomic E-state index is 0.197. The first kappa shape index (κ1) is 10.9. The Morgan fingerprint density at radius 2 is 2.33 bits per heavy atom. The fraction of sp³-hybridized carbons (Fsp3) is 0.909. The molecule has 3 unspecified atom stereocenters. The SMILES string of the molecule is CC1CC1C(=O)N(C)CC1(O)CCNC1. The molecule has 0 aromatic heterocycles. The number of amides is 1. The Hall–Kier alpha value is -0.610. The first-order valence-electron chi connectivity index (χ1n) is 5.70. The van der Waals surface area contributed by atoms with Crippen molar-refractivity contribution in [3.8, 4) is 0 Å². The lowest BCUT2D eigenvalue weighted by Gasteiger charge is -2.28. The van der Waals surface area contributed by atoms with E-state index in [0.717, 1.165) is 19.4 Å². The van der Waals surface area contributed by atoms with Crippen LogP contribution in [0.15, 0.2) is 0 Å². The zero-order valence-corrected chi connectivity index (χ0v) is 9.49. The molecule has 1 saturated carbocycles. The number of likely N-dealkylation sites (N-methyl/N-ethyl adjacent to an activating group) is 1. The number of nitrogens with zero attached hydrogens (tertiary/aromatic N) is 1. The summed E-state index contributed by atoms with van der Waals surface area (Å²) in [5.74, 6) is 0.951. The molecule has 15 heavy (non-hydrogen) atoms. The van der Waals surface area contributed by atoms with E-state index in [0.29, 0.717) is 19.0 Å². The molecule has 0 aromatic rings. The monoisotopic (exact) mass is 212 g/mol. The largest absolute Gasteiger partial charge is 0.387 e. The molecule has 0 spiro atoms. The van der Waals surface area contributed by atoms with Gasteiger partial charge in [0.2, 0.25) is 5.91 Å². The van der Waals surface area contributed by atoms with Gasteiger partial charge in [0.05, 0.1) is 12.1 Å². The third-order valence-corrected chi connectivity index (χ3v) is 3.56. The maximum absolute atomic E-state index is 11.8. The van der Waals surface area contributed by atoms with Crippen LogP contribution in [0.1, 0.15) is 19.8 Å². The van der Waals surface area contributed by atoms with Crippen LogP contribution in [0.2, 0.25) is 0 Å². The Morgan fingerprint density at radius 3 is 2.80 bits per heavy atom. The zero-order valence-electron chi connectivity index (χ0n) is 9.49. The number of β-amino-alcohol motifs (C(OH)–C–C–N with tert-alkyl or cyclic N) is 1. The van der Waals surface area contributed by atoms with Gasteiger partial charge in [0, 0.05) is 19.5 Å². The van der Waals surface area contributed by atoms with E-state index in [1.165, 1.54) is 0 Å². The van der Waals surface area contributed by atoms with E-state index < -0.39 is 5.60 Å². The molecule has 1 saturated heterocycles. The van der Waals surface area contributed by atoms with Crippen molar-refractivity contribution in [2.45, 2.75) is 25.4 Å². The van der Waals surface area contributed by atoms with Gasteiger partial charge in [0.1, 0.15) is 0 Å². The second-order valence-corrected chi connectivity index (χ2v) is 5.16. The Bertz CT molecular complexity index is 261. The average molecular weight is 212 g/mol. The molecule has 0 radical (unpaired) electrons. The van der Waals surface area contributed by atoms with Crippen LogP contribution in [0.3, 0.4) is 0 Å². The topological polar surface area (TPSA) is 52.6 Å². The Morgan fingerprint density at radius 1 is 1.67 bits per heavy atom. The van der Waals surface area contributed by atoms with Gasteiger partial charge in [-0.15, -0.1) is 0 Å². The van der Waals surface area contributed by atoms with Gasteiger partial charge in [-0.3, -0.25) is 4.79 Å². The second-order valence-electron chi connectivity index (χ2n) is 5.16. The van der Waals surface area contributed by atoms with Gasteiger partial charge in [0.25, 0.3) is 0 Å². The van der Waals surface area contributed by atoms with E-state index in [2.05, 4.69) is 12.2 Å². The lowest BCUT2D eigenvalue weighted by Crippen LogP contribution is -2.45. The van der Waals surface area contributed by atoms with Gasteiger partial charge in [-0.05, 0) is 25.3 Å². The summed E-state index contributed by atoms with van der Waals surface area (Å²) in [6.45, 7) is 4.01. The van der Waals surface area contributed by atoms with Crippen LogP contribution in [-0.4, -0.2) is 48.2 Å². The van der Waals surface area contributed by atoms with Crippen LogP contribution in [0.25, 0.3) is 0 Å². The second kappa shape index (κ2) is 3.76. The summed E-state index contributed by atoms with van der Waals surface area (Å²) in [7, 11) is 1.80. The number of aliphatic hydroxyl groups is 1. The molecule has 4 heteroatoms. The van der Waals surface area contributed by atoms with Gasteiger partial charge in [-0.1, -0.05) is 6.92 Å². The number of carbonyl (C=O) groups excluding carboxylic acids is 1. The standard InChI is InChI=1S/C11H20N2O2/c1-8-5-9(8)10(14)13(2)7-11(15)3-4-12-6-11/h8-9,12,15H,3-7H2,1-2H3. The van der Waals surface area contributed by atoms with Crippen molar-refractivity contribution in [1.29, 1.82) is 0 Å². The van der Waals surface area contributed by atoms with Gasteiger partial charge in [-0.2, -0.15) is 0 Å². The first-order chi connectivity index (χ1) is 7.02. The molecule has 4 nitrogen and oxygen atoms in total. The minimum Gasteiger partial charge on any atom is -0.387 e. The zero-order chi connectivity index (χ0) is 11.1. The molecule has 2 N–H and O–H groups in total. The Balaban J connectivity index is 1.85. The predicted molar refractivity (Wildman–Crippen MR) is 57.3 cm³/mol. The average Bonchev–Trinajstić information content (AvgIpc) is 2.74. The number of hydrogen-bond donors (Lipinski definition) is 2. The molecule has 2 aliphatic rings. The molecule has 86 valence electrons. The molecule has 1 aliphatic carbocycles. The van der Waals surface area contributed by atoms with E-state index in [1.807, 2.05) is 0 Å². The maximum atomic E-state index is 11.8. The molecule has 1 amide bonds. The van der Waals surface area contributed by atoms with Crippen molar-refractivity contribution in [2.24, 2.45) is 11.8 Å². The third-order valence-electron chi connectivity index (χ3n) is 3.56. The summed E-state index contributed by atoms with van der Waals surface area (Å²) >= 11 is 0. The van der Waals surface area contributed by atoms with Crippen molar-refractivity contribution in [2.75, 3.05) is 26.7 Å². The summed E-state index contributed by atoms with van der Waals surface area (Å²) in [4.78, 5) is 13.5. The van der Waals surface area contributed by atoms with Crippen molar-refractivity contribution >= 4 is 5.91 Å². The molecular formula is C11H20N2O2. The maximum Gasteiger partial charge on any atom is 0.225 e. The highest BCUT2D eigenvalue weighted by atomic mass is 16.3. The minimum atomic E-state index is -0.706. The number of carbonyl (C=O) groups is 1. The quantitative estimate of drug-likeness (QED) is 0.682. The van der Waals surface area contributed by atoms with Crippen LogP contribution in [0, 0.1) is 11.8 Å². The van der Waals surface area contributed by atoms with Crippen LogP contribution in [-0.2, 0) is 4.79 Å². The molecule has 0 bridgehead atoms. The lowest BCUT2D eigenvalue weighted by atomic mass is 10.0. The lowest BCUT2D eigenvalue weighted by molar-refractivity contribution is -0.134. The smallest absolute Gasteiger partial charge is 0.225 e. The highest BCUT2D eigenvalue weighted by Crippen LogP contribution is 2.39. The van der Waals surface area contributed by atoms with Crippen molar-refractivity contribution in [3.05, 3.63) is 0 Å². The van der Waals surface area contributed by atoms with Crippen molar-refractivity contribution < 1.29 is 9.90 Å². The van der Waals surface area contributed by atoms with E-state index in [1.54, 1.807) is 11.9 Å². The van der Waals surface area contributed by atoms with E-state index >= 15 is 0 Å². The fourth-order valence-corrected chi connectivity index (χ4v) is 2.33. The van der Waals surface area contributed by atoms with E-state index in [4.69, 9.17) is 0 Å². The van der Waals surface area contributed by atoms with Gasteiger partial charge >= 0.3 is 0 Å². The Labute approximate surface area is 90.6 Å². The Kier molecular flexibility index (Phi) is 2.73. The summed E-state index contributed by atoms with van der Waals surface area (Å²) in [5, 5.41) is 13.2. The van der Waals surface area contributed by atoms with Gasteiger partial charge in [-0.25, -0.2) is 0 Å². The summed E-state index contributed by atoms with van der Waals surface area (Å²) in [6.07, 6.45) is 1.75. The fourth-order valence-electron chi connectivity index (χ4n) is 2.33. The highest BCUT2D eigenvalue weighted by molar-refractivity contribution is 5.81. The summed E-state index contributed by atoms with van der Waals surface area (Å²) in [6, 6.07) is 0. The van der Waals surface area contributed by atoms with Crippen molar-refractivity contribution in [3.63, 3.8) is 0 Å². The molecule has 2 rings (SSSR count). The molecule has 2 fully saturated rings. The highest BCUT2D eigenvalue weighted by Gasteiger charge is 2.42. The molecule has 1 heterocycles. The predicted octanol–water partition coefficient (Wildman–Crippen LogP) is -0.175. The summed E-state index contributed by atoms with van der Waals surface area (Å²) < 4.78 is 0. The molecule has 0 aromatic carbocycles.